The number of primary sulfonamides is 1. The number of hydrogen-bond donors (Lipinski definition) is 2. The van der Waals surface area contributed by atoms with Gasteiger partial charge in [-0.05, 0) is 25.1 Å². The molecule has 1 heterocycles. The van der Waals surface area contributed by atoms with E-state index >= 15 is 0 Å². The van der Waals surface area contributed by atoms with Crippen molar-refractivity contribution in [2.75, 3.05) is 18.9 Å². The van der Waals surface area contributed by atoms with Crippen LogP contribution < -0.4 is 10.5 Å². The van der Waals surface area contributed by atoms with Gasteiger partial charge in [0.1, 0.15) is 4.21 Å². The minimum Gasteiger partial charge on any atom is -0.452 e. The van der Waals surface area contributed by atoms with Crippen LogP contribution in [0.15, 0.2) is 44.8 Å². The Hall–Kier alpha value is -1.88. The summed E-state index contributed by atoms with van der Waals surface area (Å²) in [7, 11) is -3.86. The Morgan fingerprint density at radius 2 is 1.96 bits per heavy atom. The van der Waals surface area contributed by atoms with Crippen LogP contribution in [0, 0.1) is 6.92 Å². The smallest absolute Gasteiger partial charge is 0.339 e. The summed E-state index contributed by atoms with van der Waals surface area (Å²) in [6.07, 6.45) is 0. The lowest BCUT2D eigenvalue weighted by molar-refractivity contribution is -0.124. The second-order valence-corrected chi connectivity index (χ2v) is 9.15. The molecule has 0 saturated heterocycles. The average molecular weight is 415 g/mol. The largest absolute Gasteiger partial charge is 0.452 e. The molecule has 2 rings (SSSR count). The summed E-state index contributed by atoms with van der Waals surface area (Å²) < 4.78 is 27.1. The molecule has 140 valence electrons. The van der Waals surface area contributed by atoms with Gasteiger partial charge in [0, 0.05) is 22.6 Å². The molecule has 0 aliphatic heterocycles. The summed E-state index contributed by atoms with van der Waals surface area (Å²) in [6.45, 7) is 2.01. The number of aryl methyl sites for hydroxylation is 1. The van der Waals surface area contributed by atoms with Crippen LogP contribution in [0.1, 0.15) is 15.9 Å². The van der Waals surface area contributed by atoms with E-state index in [-0.39, 0.29) is 9.77 Å². The molecule has 0 atom stereocenters. The first-order valence-corrected chi connectivity index (χ1v) is 10.9. The van der Waals surface area contributed by atoms with Crippen molar-refractivity contribution in [2.45, 2.75) is 16.0 Å². The van der Waals surface area contributed by atoms with Gasteiger partial charge in [0.15, 0.2) is 6.61 Å². The zero-order valence-electron chi connectivity index (χ0n) is 13.9. The summed E-state index contributed by atoms with van der Waals surface area (Å²) in [5.74, 6) is -0.518. The van der Waals surface area contributed by atoms with Gasteiger partial charge in [0.2, 0.25) is 10.0 Å². The third-order valence-electron chi connectivity index (χ3n) is 3.14. The standard InChI is InChI=1S/C16H18N2O5S3/c1-11-2-4-13(5-3-11)24-7-6-18-14(19)9-23-16(20)12-8-15(25-10-12)26(17,21)22/h2-5,8,10H,6-7,9H2,1H3,(H,18,19)(H2,17,21,22). The minimum absolute atomic E-state index is 0.0433. The number of benzene rings is 1. The molecule has 0 fully saturated rings. The van der Waals surface area contributed by atoms with E-state index in [1.54, 1.807) is 11.8 Å². The number of thioether (sulfide) groups is 1. The molecule has 3 N–H and O–H groups in total. The Kier molecular flexibility index (Phi) is 7.21. The highest BCUT2D eigenvalue weighted by molar-refractivity contribution is 7.99. The maximum absolute atomic E-state index is 11.8. The number of thiophene rings is 1. The molecule has 0 bridgehead atoms. The highest BCUT2D eigenvalue weighted by atomic mass is 32.2. The number of ether oxygens (including phenoxy) is 1. The van der Waals surface area contributed by atoms with Crippen molar-refractivity contribution in [1.82, 2.24) is 5.32 Å². The zero-order chi connectivity index (χ0) is 19.2. The zero-order valence-corrected chi connectivity index (χ0v) is 16.4. The Labute approximate surface area is 160 Å². The molecule has 0 aliphatic carbocycles. The second kappa shape index (κ2) is 9.17. The van der Waals surface area contributed by atoms with Crippen LogP contribution in [-0.2, 0) is 19.6 Å². The van der Waals surface area contributed by atoms with Crippen molar-refractivity contribution >= 4 is 45.0 Å². The SMILES string of the molecule is Cc1ccc(SCCNC(=O)COC(=O)c2csc(S(N)(=O)=O)c2)cc1. The van der Waals surface area contributed by atoms with Crippen LogP contribution in [0.4, 0.5) is 0 Å². The Morgan fingerprint density at radius 3 is 2.58 bits per heavy atom. The Balaban J connectivity index is 1.68. The molecule has 26 heavy (non-hydrogen) atoms. The van der Waals surface area contributed by atoms with E-state index in [1.807, 2.05) is 31.2 Å². The molecule has 0 aliphatic rings. The maximum Gasteiger partial charge on any atom is 0.339 e. The number of nitrogens with two attached hydrogens (primary N) is 1. The van der Waals surface area contributed by atoms with Gasteiger partial charge in [0.05, 0.1) is 5.56 Å². The van der Waals surface area contributed by atoms with E-state index in [1.165, 1.54) is 10.9 Å². The van der Waals surface area contributed by atoms with Gasteiger partial charge in [-0.25, -0.2) is 18.4 Å². The number of amides is 1. The van der Waals surface area contributed by atoms with Crippen LogP contribution >= 0.6 is 23.1 Å². The third-order valence-corrected chi connectivity index (χ3v) is 6.54. The fraction of sp³-hybridized carbons (Fsp3) is 0.250. The van der Waals surface area contributed by atoms with Gasteiger partial charge >= 0.3 is 5.97 Å². The predicted molar refractivity (Wildman–Crippen MR) is 101 cm³/mol. The van der Waals surface area contributed by atoms with Gasteiger partial charge in [-0.2, -0.15) is 0 Å². The van der Waals surface area contributed by atoms with Crippen molar-refractivity contribution in [1.29, 1.82) is 0 Å². The number of sulfonamides is 1. The average Bonchev–Trinajstić information content (AvgIpc) is 3.08. The van der Waals surface area contributed by atoms with Gasteiger partial charge in [0.25, 0.3) is 5.91 Å². The summed E-state index contributed by atoms with van der Waals surface area (Å²) in [6, 6.07) is 9.19. The highest BCUT2D eigenvalue weighted by Gasteiger charge is 2.17. The fourth-order valence-corrected chi connectivity index (χ4v) is 4.17. The molecule has 0 spiro atoms. The lowest BCUT2D eigenvalue weighted by Crippen LogP contribution is -2.30. The lowest BCUT2D eigenvalue weighted by atomic mass is 10.2. The molecule has 0 unspecified atom stereocenters. The van der Waals surface area contributed by atoms with Gasteiger partial charge in [-0.15, -0.1) is 23.1 Å². The number of carbonyl (C=O) groups excluding carboxylic acids is 2. The molecule has 2 aromatic rings. The summed E-state index contributed by atoms with van der Waals surface area (Å²) in [5.41, 5.74) is 1.23. The predicted octanol–water partition coefficient (Wildman–Crippen LogP) is 1.77. The Morgan fingerprint density at radius 1 is 1.27 bits per heavy atom. The van der Waals surface area contributed by atoms with Crippen molar-refractivity contribution in [3.05, 3.63) is 46.8 Å². The lowest BCUT2D eigenvalue weighted by Gasteiger charge is -2.06. The van der Waals surface area contributed by atoms with E-state index in [2.05, 4.69) is 5.32 Å². The van der Waals surface area contributed by atoms with Crippen molar-refractivity contribution in [3.8, 4) is 0 Å². The van der Waals surface area contributed by atoms with E-state index in [0.29, 0.717) is 12.3 Å². The van der Waals surface area contributed by atoms with Crippen LogP contribution in [-0.4, -0.2) is 39.2 Å². The first-order chi connectivity index (χ1) is 12.3. The highest BCUT2D eigenvalue weighted by Crippen LogP contribution is 2.19. The van der Waals surface area contributed by atoms with E-state index in [9.17, 15) is 18.0 Å². The first-order valence-electron chi connectivity index (χ1n) is 7.50. The number of esters is 1. The first kappa shape index (κ1) is 20.4. The van der Waals surface area contributed by atoms with Crippen LogP contribution in [0.3, 0.4) is 0 Å². The van der Waals surface area contributed by atoms with Gasteiger partial charge < -0.3 is 10.1 Å². The maximum atomic E-state index is 11.8. The van der Waals surface area contributed by atoms with E-state index < -0.39 is 28.5 Å². The number of hydrogen-bond acceptors (Lipinski definition) is 7. The molecule has 1 aromatic carbocycles. The molecule has 1 aromatic heterocycles. The van der Waals surface area contributed by atoms with Crippen molar-refractivity contribution in [2.24, 2.45) is 5.14 Å². The summed E-state index contributed by atoms with van der Waals surface area (Å²) >= 11 is 2.43. The summed E-state index contributed by atoms with van der Waals surface area (Å²) in [4.78, 5) is 24.6. The number of rotatable bonds is 8. The topological polar surface area (TPSA) is 116 Å². The quantitative estimate of drug-likeness (QED) is 0.386. The molecule has 7 nitrogen and oxygen atoms in total. The van der Waals surface area contributed by atoms with Crippen molar-refractivity contribution < 1.29 is 22.7 Å². The fourth-order valence-electron chi connectivity index (χ4n) is 1.83. The molecule has 0 radical (unpaired) electrons. The van der Waals surface area contributed by atoms with Gasteiger partial charge in [-0.3, -0.25) is 4.79 Å². The molecular formula is C16H18N2O5S3. The number of nitrogens with one attached hydrogen (secondary N) is 1. The molecular weight excluding hydrogens is 396 g/mol. The number of carbonyl (C=O) groups is 2. The molecule has 10 heteroatoms. The second-order valence-electron chi connectivity index (χ2n) is 5.29. The van der Waals surface area contributed by atoms with Crippen LogP contribution in [0.5, 0.6) is 0 Å². The Bertz CT molecular complexity index is 876. The third kappa shape index (κ3) is 6.45. The van der Waals surface area contributed by atoms with Crippen molar-refractivity contribution in [3.63, 3.8) is 0 Å². The monoisotopic (exact) mass is 414 g/mol. The molecule has 0 saturated carbocycles. The van der Waals surface area contributed by atoms with Gasteiger partial charge in [-0.1, -0.05) is 17.7 Å². The van der Waals surface area contributed by atoms with E-state index in [0.717, 1.165) is 22.3 Å². The van der Waals surface area contributed by atoms with E-state index in [4.69, 9.17) is 9.88 Å². The van der Waals surface area contributed by atoms with Crippen LogP contribution in [0.25, 0.3) is 0 Å². The normalized spacial score (nSPS) is 11.2. The summed E-state index contributed by atoms with van der Waals surface area (Å²) in [5, 5.41) is 8.94. The minimum atomic E-state index is -3.86. The van der Waals surface area contributed by atoms with Crippen LogP contribution in [0.2, 0.25) is 0 Å². The molecule has 1 amide bonds.